The van der Waals surface area contributed by atoms with Crippen LogP contribution in [0.15, 0.2) is 42.5 Å². The van der Waals surface area contributed by atoms with Crippen molar-refractivity contribution in [1.29, 1.82) is 0 Å². The summed E-state index contributed by atoms with van der Waals surface area (Å²) in [6.07, 6.45) is 2.21. The second-order valence-electron chi connectivity index (χ2n) is 7.87. The van der Waals surface area contributed by atoms with Crippen molar-refractivity contribution >= 4 is 16.7 Å². The van der Waals surface area contributed by atoms with E-state index in [1.165, 1.54) is 24.3 Å². The first-order valence-electron chi connectivity index (χ1n) is 9.88. The van der Waals surface area contributed by atoms with Crippen LogP contribution in [0, 0.1) is 5.82 Å². The van der Waals surface area contributed by atoms with E-state index in [1.54, 1.807) is 6.07 Å². The van der Waals surface area contributed by atoms with E-state index >= 15 is 0 Å². The van der Waals surface area contributed by atoms with E-state index < -0.39 is 23.2 Å². The molecule has 156 valence electrons. The summed E-state index contributed by atoms with van der Waals surface area (Å²) in [7, 11) is 0. The Morgan fingerprint density at radius 1 is 1.03 bits per heavy atom. The van der Waals surface area contributed by atoms with Crippen LogP contribution < -0.4 is 5.48 Å². The Kier molecular flexibility index (Phi) is 4.36. The van der Waals surface area contributed by atoms with Gasteiger partial charge in [-0.25, -0.2) is 9.37 Å². The lowest BCUT2D eigenvalue weighted by Crippen LogP contribution is -2.31. The van der Waals surface area contributed by atoms with Crippen LogP contribution >= 0.6 is 0 Å². The summed E-state index contributed by atoms with van der Waals surface area (Å²) in [5.74, 6) is -0.318. The first kappa shape index (κ1) is 19.1. The molecule has 2 heterocycles. The molecule has 2 aromatic carbocycles. The summed E-state index contributed by atoms with van der Waals surface area (Å²) in [6.45, 7) is 0. The first-order valence-corrected chi connectivity index (χ1v) is 9.88. The molecule has 0 bridgehead atoms. The fraction of sp³-hybridized carbons (Fsp3) is 0.318. The molecule has 5 rings (SSSR count). The van der Waals surface area contributed by atoms with Crippen LogP contribution in [0.3, 0.4) is 0 Å². The Hall–Kier alpha value is -2.87. The maximum absolute atomic E-state index is 14.2. The van der Waals surface area contributed by atoms with Crippen LogP contribution in [0.5, 0.6) is 0 Å². The van der Waals surface area contributed by atoms with E-state index in [9.17, 15) is 17.6 Å². The van der Waals surface area contributed by atoms with Crippen molar-refractivity contribution in [2.45, 2.75) is 43.9 Å². The molecule has 0 unspecified atom stereocenters. The zero-order chi connectivity index (χ0) is 20.9. The van der Waals surface area contributed by atoms with E-state index in [0.717, 1.165) is 38.2 Å². The summed E-state index contributed by atoms with van der Waals surface area (Å²) >= 11 is 0. The lowest BCUT2D eigenvalue weighted by atomic mass is 9.84. The zero-order valence-corrected chi connectivity index (χ0v) is 15.9. The number of nitrogens with zero attached hydrogens (tertiary/aromatic N) is 1. The van der Waals surface area contributed by atoms with Crippen LogP contribution in [0.2, 0.25) is 0 Å². The maximum atomic E-state index is 14.2. The summed E-state index contributed by atoms with van der Waals surface area (Å²) < 4.78 is 55.6. The molecular weight excluding hydrogens is 398 g/mol. The van der Waals surface area contributed by atoms with E-state index in [-0.39, 0.29) is 28.0 Å². The Labute approximate surface area is 169 Å². The molecule has 1 fully saturated rings. The maximum Gasteiger partial charge on any atom is 0.418 e. The SMILES string of the molecule is Fc1ccccc1-c1cc(C(F)(F)F)c2nc(C3=CC4(CCCCC4)ON3)[nH]c2c1. The van der Waals surface area contributed by atoms with Gasteiger partial charge < -0.3 is 4.98 Å². The Morgan fingerprint density at radius 3 is 2.53 bits per heavy atom. The molecular formula is C22H19F4N3O. The van der Waals surface area contributed by atoms with Crippen LogP contribution in [0.25, 0.3) is 27.9 Å². The van der Waals surface area contributed by atoms with Crippen LogP contribution in [-0.2, 0) is 11.0 Å². The van der Waals surface area contributed by atoms with Gasteiger partial charge in [-0.2, -0.15) is 13.2 Å². The van der Waals surface area contributed by atoms with Gasteiger partial charge in [-0.15, -0.1) is 0 Å². The van der Waals surface area contributed by atoms with Gasteiger partial charge in [0, 0.05) is 5.56 Å². The van der Waals surface area contributed by atoms with Crippen molar-refractivity contribution in [2.24, 2.45) is 0 Å². The highest BCUT2D eigenvalue weighted by Crippen LogP contribution is 2.40. The number of aromatic amines is 1. The van der Waals surface area contributed by atoms with E-state index in [4.69, 9.17) is 4.84 Å². The molecule has 1 aliphatic carbocycles. The lowest BCUT2D eigenvalue weighted by molar-refractivity contribution is -0.136. The van der Waals surface area contributed by atoms with Gasteiger partial charge in [0.2, 0.25) is 0 Å². The summed E-state index contributed by atoms with van der Waals surface area (Å²) in [5, 5.41) is 0. The molecule has 8 heteroatoms. The number of hydrogen-bond donors (Lipinski definition) is 2. The van der Waals surface area contributed by atoms with Gasteiger partial charge in [0.15, 0.2) is 5.82 Å². The van der Waals surface area contributed by atoms with Crippen molar-refractivity contribution in [1.82, 2.24) is 15.4 Å². The number of alkyl halides is 3. The third-order valence-corrected chi connectivity index (χ3v) is 5.80. The molecule has 1 aliphatic heterocycles. The average molecular weight is 417 g/mol. The highest BCUT2D eigenvalue weighted by molar-refractivity contribution is 5.87. The minimum Gasteiger partial charge on any atom is -0.337 e. The highest BCUT2D eigenvalue weighted by atomic mass is 19.4. The highest BCUT2D eigenvalue weighted by Gasteiger charge is 2.38. The Bertz CT molecular complexity index is 1140. The Morgan fingerprint density at radius 2 is 1.80 bits per heavy atom. The lowest BCUT2D eigenvalue weighted by Gasteiger charge is -2.29. The van der Waals surface area contributed by atoms with Crippen molar-refractivity contribution in [3.05, 3.63) is 59.7 Å². The molecule has 0 saturated heterocycles. The van der Waals surface area contributed by atoms with Crippen molar-refractivity contribution in [3.63, 3.8) is 0 Å². The fourth-order valence-corrected chi connectivity index (χ4v) is 4.30. The number of benzene rings is 2. The average Bonchev–Trinajstić information content (AvgIpc) is 3.32. The smallest absolute Gasteiger partial charge is 0.337 e. The third-order valence-electron chi connectivity index (χ3n) is 5.80. The van der Waals surface area contributed by atoms with Gasteiger partial charge >= 0.3 is 6.18 Å². The third kappa shape index (κ3) is 3.25. The minimum absolute atomic E-state index is 0.101. The number of fused-ring (bicyclic) bond motifs is 1. The first-order chi connectivity index (χ1) is 14.3. The molecule has 0 amide bonds. The molecule has 0 radical (unpaired) electrons. The van der Waals surface area contributed by atoms with Crippen molar-refractivity contribution in [2.75, 3.05) is 0 Å². The number of hydroxylamine groups is 1. The number of hydrogen-bond acceptors (Lipinski definition) is 3. The van der Waals surface area contributed by atoms with Gasteiger partial charge in [-0.3, -0.25) is 10.3 Å². The zero-order valence-electron chi connectivity index (χ0n) is 15.9. The Balaban J connectivity index is 1.63. The molecule has 4 nitrogen and oxygen atoms in total. The number of H-pyrrole nitrogens is 1. The van der Waals surface area contributed by atoms with E-state index in [0.29, 0.717) is 5.70 Å². The number of rotatable bonds is 2. The summed E-state index contributed by atoms with van der Waals surface area (Å²) in [5.41, 5.74) is 2.23. The van der Waals surface area contributed by atoms with Gasteiger partial charge in [-0.1, -0.05) is 37.5 Å². The van der Waals surface area contributed by atoms with Crippen LogP contribution in [0.4, 0.5) is 17.6 Å². The minimum atomic E-state index is -4.63. The van der Waals surface area contributed by atoms with Crippen molar-refractivity contribution < 1.29 is 22.4 Å². The largest absolute Gasteiger partial charge is 0.418 e. The molecule has 30 heavy (non-hydrogen) atoms. The van der Waals surface area contributed by atoms with Gasteiger partial charge in [0.1, 0.15) is 22.6 Å². The van der Waals surface area contributed by atoms with Crippen LogP contribution in [-0.4, -0.2) is 15.6 Å². The second-order valence-corrected chi connectivity index (χ2v) is 7.87. The monoisotopic (exact) mass is 417 g/mol. The topological polar surface area (TPSA) is 49.9 Å². The van der Waals surface area contributed by atoms with Crippen molar-refractivity contribution in [3.8, 4) is 11.1 Å². The number of imidazole rings is 1. The normalized spacial score (nSPS) is 18.6. The summed E-state index contributed by atoms with van der Waals surface area (Å²) in [4.78, 5) is 12.9. The van der Waals surface area contributed by atoms with E-state index in [2.05, 4.69) is 15.4 Å². The number of halogens is 4. The quantitative estimate of drug-likeness (QED) is 0.506. The predicted octanol–water partition coefficient (Wildman–Crippen LogP) is 5.97. The molecule has 1 saturated carbocycles. The second kappa shape index (κ2) is 6.84. The number of nitrogens with one attached hydrogen (secondary N) is 2. The van der Waals surface area contributed by atoms with Gasteiger partial charge in [0.25, 0.3) is 0 Å². The molecule has 0 atom stereocenters. The standard InChI is InChI=1S/C22H19F4N3O/c23-16-7-3-2-6-14(16)13-10-15(22(24,25)26)19-17(11-13)27-20(28-19)18-12-21(30-29-18)8-4-1-5-9-21/h2-3,6-7,10-12,29H,1,4-5,8-9H2,(H,27,28). The summed E-state index contributed by atoms with van der Waals surface area (Å²) in [6, 6.07) is 8.19. The molecule has 3 aromatic rings. The van der Waals surface area contributed by atoms with E-state index in [1.807, 2.05) is 6.08 Å². The molecule has 1 aromatic heterocycles. The fourth-order valence-electron chi connectivity index (χ4n) is 4.30. The molecule has 1 spiro atoms. The predicted molar refractivity (Wildman–Crippen MR) is 105 cm³/mol. The molecule has 2 N–H and O–H groups in total. The molecule has 2 aliphatic rings. The number of aromatic nitrogens is 2. The van der Waals surface area contributed by atoms with Gasteiger partial charge in [0.05, 0.1) is 11.1 Å². The van der Waals surface area contributed by atoms with Crippen LogP contribution in [0.1, 0.15) is 43.5 Å². The van der Waals surface area contributed by atoms with Gasteiger partial charge in [-0.05, 0) is 42.7 Å².